The van der Waals surface area contributed by atoms with Crippen LogP contribution in [0.1, 0.15) is 122 Å². The number of carbonyl (C=O) groups excluding carboxylic acids is 3. The molecule has 0 saturated carbocycles. The molecular weight excluding hydrogens is 678 g/mol. The Balaban J connectivity index is 2.12. The van der Waals surface area contributed by atoms with Crippen LogP contribution in [0, 0.1) is 5.92 Å². The molecule has 1 amide bonds. The minimum Gasteiger partial charge on any atom is -0.489 e. The quantitative estimate of drug-likeness (QED) is 0.0433. The van der Waals surface area contributed by atoms with Crippen LogP contribution in [0.15, 0.2) is 66.7 Å². The molecule has 4 N–H and O–H groups in total. The van der Waals surface area contributed by atoms with Gasteiger partial charge in [-0.05, 0) is 69.7 Å². The summed E-state index contributed by atoms with van der Waals surface area (Å²) >= 11 is 0. The number of rotatable bonds is 26. The Hall–Kier alpha value is -4.51. The zero-order valence-corrected chi connectivity index (χ0v) is 31.8. The second-order valence-corrected chi connectivity index (χ2v) is 14.6. The summed E-state index contributed by atoms with van der Waals surface area (Å²) in [5, 5.41) is 33.7. The molecule has 0 unspecified atom stereocenters. The van der Waals surface area contributed by atoms with Crippen LogP contribution in [0.25, 0.3) is 0 Å². The molecule has 11 heteroatoms. The van der Waals surface area contributed by atoms with Crippen LogP contribution >= 0.6 is 0 Å². The van der Waals surface area contributed by atoms with E-state index in [4.69, 9.17) is 9.47 Å². The van der Waals surface area contributed by atoms with Crippen molar-refractivity contribution in [3.8, 4) is 5.75 Å². The van der Waals surface area contributed by atoms with Crippen molar-refractivity contribution in [3.63, 3.8) is 0 Å². The number of allylic oxidation sites excluding steroid dienone is 1. The maximum absolute atomic E-state index is 13.8. The number of aliphatic hydroxyl groups is 1. The topological polar surface area (TPSA) is 177 Å². The molecule has 2 aromatic rings. The lowest BCUT2D eigenvalue weighted by atomic mass is 9.82. The zero-order chi connectivity index (χ0) is 39.3. The molecule has 2 rings (SSSR count). The van der Waals surface area contributed by atoms with Crippen molar-refractivity contribution in [1.82, 2.24) is 5.32 Å². The predicted molar refractivity (Wildman–Crippen MR) is 202 cm³/mol. The second-order valence-electron chi connectivity index (χ2n) is 14.6. The van der Waals surface area contributed by atoms with Crippen molar-refractivity contribution in [2.24, 2.45) is 5.92 Å². The van der Waals surface area contributed by atoms with Gasteiger partial charge in [-0.25, -0.2) is 9.59 Å². The largest absolute Gasteiger partial charge is 0.489 e. The lowest BCUT2D eigenvalue weighted by molar-refractivity contribution is -0.187. The highest BCUT2D eigenvalue weighted by atomic mass is 16.6. The van der Waals surface area contributed by atoms with E-state index in [-0.39, 0.29) is 12.2 Å². The summed E-state index contributed by atoms with van der Waals surface area (Å²) in [4.78, 5) is 63.5. The summed E-state index contributed by atoms with van der Waals surface area (Å²) in [6, 6.07) is 14.8. The first-order valence-electron chi connectivity index (χ1n) is 18.8. The highest BCUT2D eigenvalue weighted by molar-refractivity contribution is 5.95. The van der Waals surface area contributed by atoms with E-state index in [1.54, 1.807) is 30.3 Å². The monoisotopic (exact) mass is 737 g/mol. The number of carbonyl (C=O) groups is 5. The van der Waals surface area contributed by atoms with E-state index < -0.39 is 53.4 Å². The summed E-state index contributed by atoms with van der Waals surface area (Å²) < 4.78 is 11.2. The van der Waals surface area contributed by atoms with Gasteiger partial charge in [-0.1, -0.05) is 100 Å². The number of benzene rings is 2. The Morgan fingerprint density at radius 1 is 0.792 bits per heavy atom. The van der Waals surface area contributed by atoms with Gasteiger partial charge in [0.25, 0.3) is 0 Å². The number of nitrogens with one attached hydrogen (secondary N) is 1. The van der Waals surface area contributed by atoms with Crippen LogP contribution in [-0.2, 0) is 41.7 Å². The molecule has 0 aliphatic carbocycles. The van der Waals surface area contributed by atoms with Gasteiger partial charge in [0.1, 0.15) is 29.8 Å². The Kier molecular flexibility index (Phi) is 19.6. The average Bonchev–Trinajstić information content (AvgIpc) is 3.09. The number of Topliss-reactive ketones (excluding diaryl/α,β-unsaturated/α-hetero) is 1. The molecule has 0 heterocycles. The number of ketones is 1. The number of hydrogen-bond donors (Lipinski definition) is 4. The number of hydrogen-bond acceptors (Lipinski definition) is 8. The van der Waals surface area contributed by atoms with Gasteiger partial charge in [-0.15, -0.1) is 0 Å². The lowest BCUT2D eigenvalue weighted by Gasteiger charge is -2.33. The number of amides is 1. The molecule has 0 radical (unpaired) electrons. The van der Waals surface area contributed by atoms with Crippen LogP contribution in [-0.4, -0.2) is 62.2 Å². The lowest BCUT2D eigenvalue weighted by Crippen LogP contribution is -2.56. The molecule has 3 atom stereocenters. The Labute approximate surface area is 314 Å². The minimum atomic E-state index is -2.84. The molecule has 53 heavy (non-hydrogen) atoms. The van der Waals surface area contributed by atoms with Gasteiger partial charge >= 0.3 is 17.9 Å². The van der Waals surface area contributed by atoms with E-state index in [0.29, 0.717) is 43.6 Å². The van der Waals surface area contributed by atoms with Crippen LogP contribution in [0.2, 0.25) is 0 Å². The molecule has 0 bridgehead atoms. The van der Waals surface area contributed by atoms with Gasteiger partial charge in [0.2, 0.25) is 5.91 Å². The molecule has 0 aliphatic rings. The fourth-order valence-corrected chi connectivity index (χ4v) is 5.75. The smallest absolute Gasteiger partial charge is 0.340 e. The van der Waals surface area contributed by atoms with Crippen LogP contribution in [0.3, 0.4) is 0 Å². The number of ether oxygens (including phenoxy) is 2. The summed E-state index contributed by atoms with van der Waals surface area (Å²) in [5.74, 6) is -6.21. The molecule has 2 aromatic carbocycles. The predicted octanol–water partition coefficient (Wildman–Crippen LogP) is 7.37. The Morgan fingerprint density at radius 3 is 1.96 bits per heavy atom. The van der Waals surface area contributed by atoms with E-state index >= 15 is 0 Å². The number of carboxylic acids is 2. The fourth-order valence-electron chi connectivity index (χ4n) is 5.75. The molecule has 0 saturated heterocycles. The van der Waals surface area contributed by atoms with Crippen molar-refractivity contribution >= 4 is 29.6 Å². The van der Waals surface area contributed by atoms with Gasteiger partial charge in [0, 0.05) is 19.3 Å². The van der Waals surface area contributed by atoms with E-state index in [9.17, 15) is 39.3 Å². The third-order valence-electron chi connectivity index (χ3n) is 8.66. The second kappa shape index (κ2) is 23.2. The highest BCUT2D eigenvalue weighted by Crippen LogP contribution is 2.29. The van der Waals surface area contributed by atoms with E-state index in [2.05, 4.69) is 12.2 Å². The molecule has 0 aromatic heterocycles. The highest BCUT2D eigenvalue weighted by Gasteiger charge is 2.51. The zero-order valence-electron chi connectivity index (χ0n) is 31.8. The van der Waals surface area contributed by atoms with E-state index in [1.165, 1.54) is 33.3 Å². The number of aliphatic carboxylic acids is 2. The van der Waals surface area contributed by atoms with Crippen molar-refractivity contribution < 1.29 is 48.8 Å². The summed E-state index contributed by atoms with van der Waals surface area (Å²) in [7, 11) is 0. The Bertz CT molecular complexity index is 1460. The van der Waals surface area contributed by atoms with Crippen LogP contribution < -0.4 is 10.1 Å². The Morgan fingerprint density at radius 2 is 1.40 bits per heavy atom. The SMILES string of the molecule is CCCCCCCC(=O)CCCCCC/C=C/[C@H](C(=O)N[C@@H](Cc1ccc(OCc2ccccc2)cc1)C(=O)O)[C@@](O)(CC(=O)O)C(=O)OC(C)(C)C. The third-order valence-corrected chi connectivity index (χ3v) is 8.66. The molecule has 11 nitrogen and oxygen atoms in total. The first-order valence-corrected chi connectivity index (χ1v) is 18.8. The molecular formula is C42H59NO10. The summed E-state index contributed by atoms with van der Waals surface area (Å²) in [6.45, 7) is 7.12. The van der Waals surface area contributed by atoms with Gasteiger partial charge in [0.15, 0.2) is 5.60 Å². The van der Waals surface area contributed by atoms with E-state index in [0.717, 1.165) is 50.5 Å². The van der Waals surface area contributed by atoms with Gasteiger partial charge in [-0.2, -0.15) is 0 Å². The average molecular weight is 738 g/mol. The number of esters is 1. The standard InChI is InChI=1S/C42H59NO10/c1-5-6-7-10-16-21-33(44)22-17-11-8-9-12-18-23-35(42(51,29-37(45)46)40(50)53-41(2,3)4)38(47)43-36(39(48)49)28-31-24-26-34(27-25-31)52-30-32-19-14-13-15-20-32/h13-15,18-20,23-27,35-36,51H,5-12,16-17,21-22,28-30H2,1-4H3,(H,43,47)(H,45,46)(H,48,49)/b23-18+/t35-,36+,42+/m1/s1. The van der Waals surface area contributed by atoms with Gasteiger partial charge in [-0.3, -0.25) is 14.4 Å². The third kappa shape index (κ3) is 17.7. The van der Waals surface area contributed by atoms with Gasteiger partial charge < -0.3 is 30.1 Å². The molecule has 0 spiro atoms. The number of unbranched alkanes of at least 4 members (excludes halogenated alkanes) is 8. The first-order chi connectivity index (χ1) is 25.1. The van der Waals surface area contributed by atoms with Crippen molar-refractivity contribution in [3.05, 3.63) is 77.9 Å². The van der Waals surface area contributed by atoms with Crippen molar-refractivity contribution in [2.75, 3.05) is 0 Å². The normalized spacial score (nSPS) is 13.8. The van der Waals surface area contributed by atoms with E-state index in [1.807, 2.05) is 30.3 Å². The minimum absolute atomic E-state index is 0.137. The van der Waals surface area contributed by atoms with Crippen LogP contribution in [0.5, 0.6) is 5.75 Å². The van der Waals surface area contributed by atoms with Crippen LogP contribution in [0.4, 0.5) is 0 Å². The summed E-state index contributed by atoms with van der Waals surface area (Å²) in [6.07, 6.45) is 11.8. The van der Waals surface area contributed by atoms with Gasteiger partial charge in [0.05, 0.1) is 12.3 Å². The number of carboxylic acid groups (broad SMARTS) is 2. The van der Waals surface area contributed by atoms with Crippen molar-refractivity contribution in [2.45, 2.75) is 141 Å². The van der Waals surface area contributed by atoms with Crippen molar-refractivity contribution in [1.29, 1.82) is 0 Å². The molecule has 0 fully saturated rings. The maximum Gasteiger partial charge on any atom is 0.340 e. The molecule has 292 valence electrons. The molecule has 0 aliphatic heterocycles. The first kappa shape index (κ1) is 44.7. The maximum atomic E-state index is 13.8. The fraction of sp³-hybridized carbons (Fsp3) is 0.548. The summed E-state index contributed by atoms with van der Waals surface area (Å²) in [5.41, 5.74) is -2.41.